The topological polar surface area (TPSA) is 92.8 Å². The molecule has 3 heterocycles. The standard InChI is InChI=1S/C32H40N4O4S2/c1-8-10-21(9-2)22-11-12-25-24(18-22)34-29(41-25)28-23-17-20(3)36(31(38)40-32(4,5)6)19-26(23)42-30(28)35-27(37)13-14-33-15-16-39-7/h8-12,18,20,33H,1-2,13-17,19H2,3-7H3,(H,35,37)/b21-10+. The third-order valence-electron chi connectivity index (χ3n) is 6.78. The molecule has 4 rings (SSSR count). The molecule has 1 atom stereocenters. The van der Waals surface area contributed by atoms with Crippen LogP contribution >= 0.6 is 22.7 Å². The van der Waals surface area contributed by atoms with Crippen LogP contribution in [0.3, 0.4) is 0 Å². The van der Waals surface area contributed by atoms with E-state index in [4.69, 9.17) is 14.5 Å². The normalized spacial score (nSPS) is 15.4. The second-order valence-electron chi connectivity index (χ2n) is 11.2. The lowest BCUT2D eigenvalue weighted by Crippen LogP contribution is -2.44. The first kappa shape index (κ1) is 31.6. The van der Waals surface area contributed by atoms with Crippen LogP contribution < -0.4 is 10.6 Å². The Bertz CT molecular complexity index is 1500. The highest BCUT2D eigenvalue weighted by Gasteiger charge is 2.35. The molecular formula is C32H40N4O4S2. The van der Waals surface area contributed by atoms with Crippen molar-refractivity contribution in [3.63, 3.8) is 0 Å². The lowest BCUT2D eigenvalue weighted by molar-refractivity contribution is -0.116. The van der Waals surface area contributed by atoms with Crippen LogP contribution in [0.15, 0.2) is 49.6 Å². The molecule has 0 radical (unpaired) electrons. The molecule has 224 valence electrons. The number of carbonyl (C=O) groups excluding carboxylic acids is 2. The van der Waals surface area contributed by atoms with Crippen molar-refractivity contribution in [1.29, 1.82) is 0 Å². The maximum atomic E-state index is 13.0. The van der Waals surface area contributed by atoms with E-state index in [1.807, 2.05) is 33.8 Å². The highest BCUT2D eigenvalue weighted by Crippen LogP contribution is 2.47. The number of fused-ring (bicyclic) bond motifs is 2. The summed E-state index contributed by atoms with van der Waals surface area (Å²) in [5.74, 6) is -0.0783. The molecule has 0 aliphatic carbocycles. The number of thiophene rings is 1. The van der Waals surface area contributed by atoms with Crippen molar-refractivity contribution < 1.29 is 19.1 Å². The number of carbonyl (C=O) groups is 2. The van der Waals surface area contributed by atoms with Gasteiger partial charge < -0.3 is 25.0 Å². The smallest absolute Gasteiger partial charge is 0.410 e. The van der Waals surface area contributed by atoms with Crippen LogP contribution in [0.5, 0.6) is 0 Å². The van der Waals surface area contributed by atoms with Gasteiger partial charge >= 0.3 is 6.09 Å². The molecule has 42 heavy (non-hydrogen) atoms. The molecule has 1 aliphatic heterocycles. The molecule has 0 fully saturated rings. The van der Waals surface area contributed by atoms with Crippen molar-refractivity contribution >= 4 is 55.5 Å². The van der Waals surface area contributed by atoms with Gasteiger partial charge in [-0.05, 0) is 62.9 Å². The number of nitrogens with zero attached hydrogens (tertiary/aromatic N) is 2. The number of allylic oxidation sites excluding steroid dienone is 4. The number of benzene rings is 1. The first-order valence-corrected chi connectivity index (χ1v) is 15.7. The summed E-state index contributed by atoms with van der Waals surface area (Å²) in [6, 6.07) is 6.11. The summed E-state index contributed by atoms with van der Waals surface area (Å²) in [6.45, 7) is 17.6. The van der Waals surface area contributed by atoms with Crippen molar-refractivity contribution in [2.24, 2.45) is 0 Å². The van der Waals surface area contributed by atoms with Crippen LogP contribution in [0.4, 0.5) is 9.80 Å². The van der Waals surface area contributed by atoms with Gasteiger partial charge in [0.05, 0.1) is 23.4 Å². The van der Waals surface area contributed by atoms with Crippen molar-refractivity contribution in [2.45, 2.75) is 58.7 Å². The van der Waals surface area contributed by atoms with Crippen LogP contribution in [0.25, 0.3) is 26.4 Å². The minimum absolute atomic E-state index is 0.0746. The Kier molecular flexibility index (Phi) is 10.4. The van der Waals surface area contributed by atoms with Gasteiger partial charge in [0.1, 0.15) is 15.6 Å². The third kappa shape index (κ3) is 7.55. The minimum Gasteiger partial charge on any atom is -0.444 e. The van der Waals surface area contributed by atoms with E-state index in [0.717, 1.165) is 47.4 Å². The number of anilines is 1. The highest BCUT2D eigenvalue weighted by molar-refractivity contribution is 7.23. The highest BCUT2D eigenvalue weighted by atomic mass is 32.1. The summed E-state index contributed by atoms with van der Waals surface area (Å²) in [5.41, 5.74) is 4.34. The van der Waals surface area contributed by atoms with Gasteiger partial charge in [-0.15, -0.1) is 22.7 Å². The van der Waals surface area contributed by atoms with E-state index in [0.29, 0.717) is 39.1 Å². The van der Waals surface area contributed by atoms with E-state index < -0.39 is 5.60 Å². The van der Waals surface area contributed by atoms with E-state index in [1.54, 1.807) is 35.5 Å². The molecule has 0 spiro atoms. The van der Waals surface area contributed by atoms with E-state index in [1.165, 1.54) is 11.3 Å². The second-order valence-corrected chi connectivity index (χ2v) is 13.3. The summed E-state index contributed by atoms with van der Waals surface area (Å²) in [6.07, 6.45) is 6.11. The Balaban J connectivity index is 1.70. The van der Waals surface area contributed by atoms with E-state index in [9.17, 15) is 9.59 Å². The molecule has 2 N–H and O–H groups in total. The molecule has 2 amide bonds. The van der Waals surface area contributed by atoms with Gasteiger partial charge in [-0.2, -0.15) is 0 Å². The second kappa shape index (κ2) is 13.8. The molecule has 0 saturated heterocycles. The monoisotopic (exact) mass is 608 g/mol. The zero-order chi connectivity index (χ0) is 30.4. The number of hydrogen-bond acceptors (Lipinski definition) is 8. The average Bonchev–Trinajstić information content (AvgIpc) is 3.49. The van der Waals surface area contributed by atoms with Crippen molar-refractivity contribution in [3.05, 3.63) is 65.6 Å². The van der Waals surface area contributed by atoms with Crippen LogP contribution in [0.1, 0.15) is 50.1 Å². The summed E-state index contributed by atoms with van der Waals surface area (Å²) >= 11 is 3.11. The summed E-state index contributed by atoms with van der Waals surface area (Å²) in [7, 11) is 1.65. The van der Waals surface area contributed by atoms with Crippen molar-refractivity contribution in [3.8, 4) is 10.6 Å². The first-order chi connectivity index (χ1) is 20.0. The molecule has 8 nitrogen and oxygen atoms in total. The van der Waals surface area contributed by atoms with Crippen molar-refractivity contribution in [2.75, 3.05) is 32.1 Å². The molecule has 1 aliphatic rings. The summed E-state index contributed by atoms with van der Waals surface area (Å²) < 4.78 is 11.8. The van der Waals surface area contributed by atoms with Crippen LogP contribution in [-0.2, 0) is 27.2 Å². The first-order valence-electron chi connectivity index (χ1n) is 14.0. The average molecular weight is 609 g/mol. The van der Waals surface area contributed by atoms with Gasteiger partial charge in [0.15, 0.2) is 0 Å². The zero-order valence-electron chi connectivity index (χ0n) is 25.0. The predicted octanol–water partition coefficient (Wildman–Crippen LogP) is 7.03. The number of rotatable bonds is 11. The van der Waals surface area contributed by atoms with Gasteiger partial charge in [-0.25, -0.2) is 9.78 Å². The molecule has 10 heteroatoms. The van der Waals surface area contributed by atoms with Gasteiger partial charge in [-0.3, -0.25) is 4.79 Å². The number of hydrogen-bond donors (Lipinski definition) is 2. The number of aromatic nitrogens is 1. The zero-order valence-corrected chi connectivity index (χ0v) is 26.7. The minimum atomic E-state index is -0.583. The lowest BCUT2D eigenvalue weighted by Gasteiger charge is -2.35. The maximum Gasteiger partial charge on any atom is 0.410 e. The molecule has 1 unspecified atom stereocenters. The van der Waals surface area contributed by atoms with Gasteiger partial charge in [0.2, 0.25) is 5.91 Å². The van der Waals surface area contributed by atoms with Crippen LogP contribution in [0, 0.1) is 0 Å². The number of methoxy groups -OCH3 is 1. The van der Waals surface area contributed by atoms with Gasteiger partial charge in [-0.1, -0.05) is 37.5 Å². The molecule has 3 aromatic rings. The largest absolute Gasteiger partial charge is 0.444 e. The Hall–Kier alpha value is -3.31. The Labute approximate surface area is 256 Å². The Morgan fingerprint density at radius 1 is 1.21 bits per heavy atom. The van der Waals surface area contributed by atoms with Crippen molar-refractivity contribution in [1.82, 2.24) is 15.2 Å². The molecule has 0 saturated carbocycles. The lowest BCUT2D eigenvalue weighted by atomic mass is 9.97. The number of nitrogens with one attached hydrogen (secondary N) is 2. The predicted molar refractivity (Wildman–Crippen MR) is 174 cm³/mol. The molecule has 2 aromatic heterocycles. The molecule has 0 bridgehead atoms. The SMILES string of the molecule is C=C/C=C(\C=C)c1ccc2sc(-c3c(NC(=O)CCNCCOC)sc4c3CC(C)N(C(=O)OC(C)(C)C)C4)nc2c1. The number of ether oxygens (including phenoxy) is 2. The summed E-state index contributed by atoms with van der Waals surface area (Å²) in [4.78, 5) is 33.9. The van der Waals surface area contributed by atoms with E-state index in [-0.39, 0.29) is 18.0 Å². The Morgan fingerprint density at radius 2 is 2.00 bits per heavy atom. The fourth-order valence-electron chi connectivity index (χ4n) is 4.76. The fraction of sp³-hybridized carbons (Fsp3) is 0.406. The van der Waals surface area contributed by atoms with Gasteiger partial charge in [0, 0.05) is 43.1 Å². The fourth-order valence-corrected chi connectivity index (χ4v) is 7.10. The Morgan fingerprint density at radius 3 is 2.69 bits per heavy atom. The van der Waals surface area contributed by atoms with Crippen LogP contribution in [0.2, 0.25) is 0 Å². The maximum absolute atomic E-state index is 13.0. The molecule has 1 aromatic carbocycles. The quantitative estimate of drug-likeness (QED) is 0.179. The third-order valence-corrected chi connectivity index (χ3v) is 8.97. The van der Waals surface area contributed by atoms with Crippen LogP contribution in [-0.4, -0.2) is 60.3 Å². The van der Waals surface area contributed by atoms with Gasteiger partial charge in [0.25, 0.3) is 0 Å². The number of thiazole rings is 1. The van der Waals surface area contributed by atoms with E-state index >= 15 is 0 Å². The number of amides is 2. The summed E-state index contributed by atoms with van der Waals surface area (Å²) in [5, 5.41) is 7.99. The van der Waals surface area contributed by atoms with E-state index in [2.05, 4.69) is 42.0 Å². The molecular weight excluding hydrogens is 569 g/mol.